The molecule has 0 unspecified atom stereocenters. The number of nitrogen functional groups attached to an aromatic ring is 1. The number of hydrogen-bond acceptors (Lipinski definition) is 4. The maximum atomic E-state index is 12.1. The van der Waals surface area contributed by atoms with E-state index in [2.05, 4.69) is 0 Å². The van der Waals surface area contributed by atoms with Crippen LogP contribution in [0.15, 0.2) is 48.5 Å². The predicted octanol–water partition coefficient (Wildman–Crippen LogP) is 3.22. The molecule has 2 N–H and O–H groups in total. The van der Waals surface area contributed by atoms with E-state index in [-0.39, 0.29) is 18.3 Å². The number of nitrogens with two attached hydrogens (primary N) is 1. The molecule has 0 spiro atoms. The van der Waals surface area contributed by atoms with Gasteiger partial charge >= 0.3 is 5.97 Å². The Morgan fingerprint density at radius 3 is 2.50 bits per heavy atom. The number of carbonyl (C=O) groups excluding carboxylic acids is 2. The SMILES string of the molecule is Nc1ccccc1COC(=O)c1cccc(C(=O)C2CC2)c1. The third kappa shape index (κ3) is 3.17. The zero-order valence-electron chi connectivity index (χ0n) is 12.1. The van der Waals surface area contributed by atoms with Crippen LogP contribution in [0.1, 0.15) is 39.1 Å². The van der Waals surface area contributed by atoms with Gasteiger partial charge in [0.2, 0.25) is 0 Å². The number of hydrogen-bond donors (Lipinski definition) is 1. The molecule has 0 bridgehead atoms. The second-order valence-corrected chi connectivity index (χ2v) is 5.49. The van der Waals surface area contributed by atoms with Gasteiger partial charge in [0.25, 0.3) is 0 Å². The van der Waals surface area contributed by atoms with Crippen LogP contribution in [0.2, 0.25) is 0 Å². The molecule has 0 atom stereocenters. The first kappa shape index (κ1) is 14.3. The normalized spacial score (nSPS) is 13.6. The van der Waals surface area contributed by atoms with Crippen LogP contribution in [0, 0.1) is 5.92 Å². The number of ketones is 1. The minimum absolute atomic E-state index is 0.113. The number of esters is 1. The molecule has 0 amide bonds. The van der Waals surface area contributed by atoms with Crippen LogP contribution in [0.4, 0.5) is 5.69 Å². The number of carbonyl (C=O) groups is 2. The summed E-state index contributed by atoms with van der Waals surface area (Å²) < 4.78 is 5.28. The average Bonchev–Trinajstić information content (AvgIpc) is 3.38. The Bertz CT molecular complexity index is 720. The van der Waals surface area contributed by atoms with Gasteiger partial charge in [-0.1, -0.05) is 30.3 Å². The van der Waals surface area contributed by atoms with Gasteiger partial charge in [-0.15, -0.1) is 0 Å². The van der Waals surface area contributed by atoms with E-state index in [4.69, 9.17) is 10.5 Å². The molecule has 0 aliphatic heterocycles. The summed E-state index contributed by atoms with van der Waals surface area (Å²) in [6.07, 6.45) is 1.89. The van der Waals surface area contributed by atoms with Gasteiger partial charge in [-0.3, -0.25) is 4.79 Å². The van der Waals surface area contributed by atoms with Crippen LogP contribution in [0.3, 0.4) is 0 Å². The third-order valence-electron chi connectivity index (χ3n) is 3.74. The van der Waals surface area contributed by atoms with Gasteiger partial charge in [-0.05, 0) is 31.0 Å². The van der Waals surface area contributed by atoms with Crippen LogP contribution in [0.25, 0.3) is 0 Å². The summed E-state index contributed by atoms with van der Waals surface area (Å²) in [6, 6.07) is 14.0. The van der Waals surface area contributed by atoms with E-state index in [0.29, 0.717) is 16.8 Å². The van der Waals surface area contributed by atoms with Gasteiger partial charge in [0.15, 0.2) is 5.78 Å². The molecule has 4 heteroatoms. The summed E-state index contributed by atoms with van der Waals surface area (Å²) in [5.41, 5.74) is 8.14. The van der Waals surface area contributed by atoms with Gasteiger partial charge < -0.3 is 10.5 Å². The van der Waals surface area contributed by atoms with E-state index in [1.54, 1.807) is 30.3 Å². The van der Waals surface area contributed by atoms with E-state index in [0.717, 1.165) is 18.4 Å². The molecule has 2 aromatic carbocycles. The first-order chi connectivity index (χ1) is 10.6. The Morgan fingerprint density at radius 1 is 1.05 bits per heavy atom. The van der Waals surface area contributed by atoms with Crippen molar-refractivity contribution in [3.63, 3.8) is 0 Å². The van der Waals surface area contributed by atoms with Crippen molar-refractivity contribution in [2.45, 2.75) is 19.4 Å². The summed E-state index contributed by atoms with van der Waals surface area (Å²) in [5.74, 6) is -0.203. The van der Waals surface area contributed by atoms with E-state index in [1.807, 2.05) is 18.2 Å². The molecule has 4 nitrogen and oxygen atoms in total. The maximum Gasteiger partial charge on any atom is 0.338 e. The highest BCUT2D eigenvalue weighted by molar-refractivity contribution is 6.01. The van der Waals surface area contributed by atoms with Crippen molar-refractivity contribution in [1.29, 1.82) is 0 Å². The number of ether oxygens (including phenoxy) is 1. The van der Waals surface area contributed by atoms with Gasteiger partial charge in [-0.2, -0.15) is 0 Å². The van der Waals surface area contributed by atoms with Crippen molar-refractivity contribution in [1.82, 2.24) is 0 Å². The Labute approximate surface area is 128 Å². The van der Waals surface area contributed by atoms with Gasteiger partial charge in [-0.25, -0.2) is 4.79 Å². The molecule has 2 aromatic rings. The Hall–Kier alpha value is -2.62. The summed E-state index contributed by atoms with van der Waals surface area (Å²) >= 11 is 0. The summed E-state index contributed by atoms with van der Waals surface area (Å²) in [5, 5.41) is 0. The van der Waals surface area contributed by atoms with Gasteiger partial charge in [0.1, 0.15) is 6.61 Å². The molecule has 0 heterocycles. The lowest BCUT2D eigenvalue weighted by Crippen LogP contribution is -2.08. The number of para-hydroxylation sites is 1. The van der Waals surface area contributed by atoms with Crippen molar-refractivity contribution in [3.8, 4) is 0 Å². The Balaban J connectivity index is 1.68. The van der Waals surface area contributed by atoms with Crippen LogP contribution >= 0.6 is 0 Å². The van der Waals surface area contributed by atoms with Crippen molar-refractivity contribution >= 4 is 17.4 Å². The Kier molecular flexibility index (Phi) is 3.92. The topological polar surface area (TPSA) is 69.4 Å². The first-order valence-corrected chi connectivity index (χ1v) is 7.30. The standard InChI is InChI=1S/C18H17NO3/c19-16-7-2-1-4-15(16)11-22-18(21)14-6-3-5-13(10-14)17(20)12-8-9-12/h1-7,10,12H,8-9,11,19H2. The summed E-state index contributed by atoms with van der Waals surface area (Å²) in [6.45, 7) is 0.117. The third-order valence-corrected chi connectivity index (χ3v) is 3.74. The quantitative estimate of drug-likeness (QED) is 0.522. The molecule has 3 rings (SSSR count). The molecule has 0 saturated heterocycles. The fourth-order valence-electron chi connectivity index (χ4n) is 2.27. The van der Waals surface area contributed by atoms with Crippen LogP contribution in [-0.4, -0.2) is 11.8 Å². The van der Waals surface area contributed by atoms with Crippen LogP contribution < -0.4 is 5.73 Å². The Morgan fingerprint density at radius 2 is 1.77 bits per heavy atom. The van der Waals surface area contributed by atoms with Crippen molar-refractivity contribution in [3.05, 3.63) is 65.2 Å². The summed E-state index contributed by atoms with van der Waals surface area (Å²) in [4.78, 5) is 24.2. The number of benzene rings is 2. The minimum atomic E-state index is -0.450. The summed E-state index contributed by atoms with van der Waals surface area (Å²) in [7, 11) is 0. The highest BCUT2D eigenvalue weighted by Gasteiger charge is 2.30. The second-order valence-electron chi connectivity index (χ2n) is 5.49. The maximum absolute atomic E-state index is 12.1. The highest BCUT2D eigenvalue weighted by Crippen LogP contribution is 2.32. The van der Waals surface area contributed by atoms with Crippen molar-refractivity contribution < 1.29 is 14.3 Å². The lowest BCUT2D eigenvalue weighted by atomic mass is 10.0. The largest absolute Gasteiger partial charge is 0.457 e. The van der Waals surface area contributed by atoms with Crippen LogP contribution in [0.5, 0.6) is 0 Å². The lowest BCUT2D eigenvalue weighted by Gasteiger charge is -2.08. The molecule has 1 saturated carbocycles. The lowest BCUT2D eigenvalue weighted by molar-refractivity contribution is 0.0473. The zero-order valence-corrected chi connectivity index (χ0v) is 12.1. The zero-order chi connectivity index (χ0) is 15.5. The molecule has 1 aliphatic rings. The molecule has 112 valence electrons. The average molecular weight is 295 g/mol. The molecule has 1 fully saturated rings. The van der Waals surface area contributed by atoms with Crippen molar-refractivity contribution in [2.75, 3.05) is 5.73 Å². The molecular weight excluding hydrogens is 278 g/mol. The second kappa shape index (κ2) is 6.02. The van der Waals surface area contributed by atoms with Gasteiger partial charge in [0, 0.05) is 22.7 Å². The molecular formula is C18H17NO3. The van der Waals surface area contributed by atoms with Crippen molar-refractivity contribution in [2.24, 2.45) is 5.92 Å². The van der Waals surface area contributed by atoms with Crippen LogP contribution in [-0.2, 0) is 11.3 Å². The molecule has 22 heavy (non-hydrogen) atoms. The first-order valence-electron chi connectivity index (χ1n) is 7.30. The number of rotatable bonds is 5. The van der Waals surface area contributed by atoms with E-state index in [1.165, 1.54) is 0 Å². The molecule has 1 aliphatic carbocycles. The number of anilines is 1. The monoisotopic (exact) mass is 295 g/mol. The van der Waals surface area contributed by atoms with E-state index in [9.17, 15) is 9.59 Å². The van der Waals surface area contributed by atoms with Gasteiger partial charge in [0.05, 0.1) is 5.56 Å². The minimum Gasteiger partial charge on any atom is -0.457 e. The number of Topliss-reactive ketones (excluding diaryl/α,β-unsaturated/α-hetero) is 1. The predicted molar refractivity (Wildman–Crippen MR) is 83.5 cm³/mol. The fraction of sp³-hybridized carbons (Fsp3) is 0.222. The molecule has 0 aromatic heterocycles. The van der Waals surface area contributed by atoms with E-state index < -0.39 is 5.97 Å². The molecule has 0 radical (unpaired) electrons. The smallest absolute Gasteiger partial charge is 0.338 e. The highest BCUT2D eigenvalue weighted by atomic mass is 16.5. The van der Waals surface area contributed by atoms with E-state index >= 15 is 0 Å². The fourth-order valence-corrected chi connectivity index (χ4v) is 2.27.